The second kappa shape index (κ2) is 6.40. The number of ether oxygens (including phenoxy) is 2. The van der Waals surface area contributed by atoms with Gasteiger partial charge in [0.25, 0.3) is 0 Å². The molecule has 0 fully saturated rings. The fourth-order valence-electron chi connectivity index (χ4n) is 1.87. The molecule has 19 heavy (non-hydrogen) atoms. The highest BCUT2D eigenvalue weighted by Gasteiger charge is 2.14. The predicted molar refractivity (Wildman–Crippen MR) is 70.4 cm³/mol. The number of amides is 1. The summed E-state index contributed by atoms with van der Waals surface area (Å²) in [6.45, 7) is 3.67. The molecule has 1 aliphatic rings. The fourth-order valence-corrected chi connectivity index (χ4v) is 1.87. The van der Waals surface area contributed by atoms with Crippen molar-refractivity contribution < 1.29 is 19.4 Å². The van der Waals surface area contributed by atoms with E-state index in [-0.39, 0.29) is 25.9 Å². The lowest BCUT2D eigenvalue weighted by Crippen LogP contribution is -2.35. The highest BCUT2D eigenvalue weighted by Crippen LogP contribution is 2.34. The Morgan fingerprint density at radius 1 is 1.42 bits per heavy atom. The average molecular weight is 266 g/mol. The number of hydrogen-bond donors (Lipinski definition) is 2. The minimum Gasteiger partial charge on any atom is -0.454 e. The van der Waals surface area contributed by atoms with Gasteiger partial charge >= 0.3 is 0 Å². The normalized spacial score (nSPS) is 12.8. The maximum atomic E-state index is 11.9. The van der Waals surface area contributed by atoms with Crippen molar-refractivity contribution in [2.24, 2.45) is 0 Å². The number of anilines is 1. The fraction of sp³-hybridized carbons (Fsp3) is 0.462. The van der Waals surface area contributed by atoms with Gasteiger partial charge in [0.05, 0.1) is 13.2 Å². The summed E-state index contributed by atoms with van der Waals surface area (Å²) in [7, 11) is 0. The van der Waals surface area contributed by atoms with E-state index in [0.29, 0.717) is 23.7 Å². The molecule has 0 saturated heterocycles. The predicted octanol–water partition coefficient (Wildman–Crippen LogP) is 0.668. The van der Waals surface area contributed by atoms with Crippen molar-refractivity contribution >= 4 is 11.6 Å². The van der Waals surface area contributed by atoms with Crippen molar-refractivity contribution in [3.05, 3.63) is 18.2 Å². The summed E-state index contributed by atoms with van der Waals surface area (Å²) in [5.41, 5.74) is 0.675. The van der Waals surface area contributed by atoms with Crippen LogP contribution in [0.3, 0.4) is 0 Å². The lowest BCUT2D eigenvalue weighted by Gasteiger charge is -2.18. The molecule has 6 heteroatoms. The van der Waals surface area contributed by atoms with Crippen LogP contribution in [0, 0.1) is 0 Å². The van der Waals surface area contributed by atoms with Crippen molar-refractivity contribution in [2.75, 3.05) is 38.4 Å². The Morgan fingerprint density at radius 3 is 2.95 bits per heavy atom. The van der Waals surface area contributed by atoms with E-state index in [0.717, 1.165) is 6.54 Å². The molecule has 1 amide bonds. The van der Waals surface area contributed by atoms with Crippen LogP contribution in [-0.2, 0) is 4.79 Å². The molecule has 0 bridgehead atoms. The van der Waals surface area contributed by atoms with Gasteiger partial charge in [0.15, 0.2) is 11.5 Å². The van der Waals surface area contributed by atoms with Crippen LogP contribution in [0.5, 0.6) is 11.5 Å². The van der Waals surface area contributed by atoms with Crippen LogP contribution in [0.2, 0.25) is 0 Å². The summed E-state index contributed by atoms with van der Waals surface area (Å²) in [4.78, 5) is 13.7. The van der Waals surface area contributed by atoms with Gasteiger partial charge in [-0.3, -0.25) is 9.69 Å². The average Bonchev–Trinajstić information content (AvgIpc) is 2.85. The molecule has 1 aromatic carbocycles. The minimum atomic E-state index is -0.117. The van der Waals surface area contributed by atoms with Crippen LogP contribution in [-0.4, -0.2) is 48.9 Å². The Kier molecular flexibility index (Phi) is 4.59. The number of carbonyl (C=O) groups excluding carboxylic acids is 1. The van der Waals surface area contributed by atoms with Crippen LogP contribution in [0.15, 0.2) is 18.2 Å². The van der Waals surface area contributed by atoms with Gasteiger partial charge in [-0.15, -0.1) is 0 Å². The Morgan fingerprint density at radius 2 is 2.21 bits per heavy atom. The lowest BCUT2D eigenvalue weighted by atomic mass is 10.2. The van der Waals surface area contributed by atoms with Crippen LogP contribution >= 0.6 is 0 Å². The van der Waals surface area contributed by atoms with Crippen LogP contribution < -0.4 is 14.8 Å². The van der Waals surface area contributed by atoms with Gasteiger partial charge in [-0.1, -0.05) is 6.92 Å². The molecule has 0 aliphatic carbocycles. The number of likely N-dealkylation sites (N-methyl/N-ethyl adjacent to an activating group) is 1. The third-order valence-corrected chi connectivity index (χ3v) is 2.89. The quantitative estimate of drug-likeness (QED) is 0.792. The van der Waals surface area contributed by atoms with Gasteiger partial charge < -0.3 is 19.9 Å². The van der Waals surface area contributed by atoms with Gasteiger partial charge in [0.1, 0.15) is 0 Å². The topological polar surface area (TPSA) is 71.0 Å². The van der Waals surface area contributed by atoms with E-state index in [2.05, 4.69) is 5.32 Å². The van der Waals surface area contributed by atoms with Crippen LogP contribution in [0.25, 0.3) is 0 Å². The van der Waals surface area contributed by atoms with Crippen molar-refractivity contribution in [2.45, 2.75) is 6.92 Å². The van der Waals surface area contributed by atoms with Crippen molar-refractivity contribution in [1.29, 1.82) is 0 Å². The molecule has 0 atom stereocenters. The molecule has 0 unspecified atom stereocenters. The molecule has 2 rings (SSSR count). The number of hydrogen-bond acceptors (Lipinski definition) is 5. The molecular formula is C13H18N2O4. The molecule has 2 N–H and O–H groups in total. The maximum absolute atomic E-state index is 11.9. The largest absolute Gasteiger partial charge is 0.454 e. The number of aliphatic hydroxyl groups excluding tert-OH is 1. The number of aliphatic hydroxyl groups is 1. The first-order valence-electron chi connectivity index (χ1n) is 6.25. The molecule has 1 heterocycles. The summed E-state index contributed by atoms with van der Waals surface area (Å²) in [6, 6.07) is 5.28. The highest BCUT2D eigenvalue weighted by molar-refractivity contribution is 5.92. The molecule has 0 aromatic heterocycles. The standard InChI is InChI=1S/C13H18N2O4/c1-2-15(5-6-16)8-13(17)14-10-3-4-11-12(7-10)19-9-18-11/h3-4,7,16H,2,5-6,8-9H2,1H3,(H,14,17). The summed E-state index contributed by atoms with van der Waals surface area (Å²) in [6.07, 6.45) is 0. The number of fused-ring (bicyclic) bond motifs is 1. The molecule has 1 aliphatic heterocycles. The van der Waals surface area contributed by atoms with Gasteiger partial charge in [-0.05, 0) is 18.7 Å². The summed E-state index contributed by atoms with van der Waals surface area (Å²) in [5, 5.41) is 11.7. The second-order valence-corrected chi connectivity index (χ2v) is 4.21. The summed E-state index contributed by atoms with van der Waals surface area (Å²) in [5.74, 6) is 1.21. The van der Waals surface area contributed by atoms with Gasteiger partial charge in [0.2, 0.25) is 12.7 Å². The second-order valence-electron chi connectivity index (χ2n) is 4.21. The number of benzene rings is 1. The first kappa shape index (κ1) is 13.6. The highest BCUT2D eigenvalue weighted by atomic mass is 16.7. The van der Waals surface area contributed by atoms with E-state index in [9.17, 15) is 4.79 Å². The van der Waals surface area contributed by atoms with Gasteiger partial charge in [0, 0.05) is 18.3 Å². The zero-order valence-electron chi connectivity index (χ0n) is 10.9. The molecular weight excluding hydrogens is 248 g/mol. The molecule has 6 nitrogen and oxygen atoms in total. The number of nitrogens with one attached hydrogen (secondary N) is 1. The molecule has 104 valence electrons. The Hall–Kier alpha value is -1.79. The van der Waals surface area contributed by atoms with E-state index in [1.54, 1.807) is 18.2 Å². The van der Waals surface area contributed by atoms with E-state index < -0.39 is 0 Å². The zero-order valence-corrected chi connectivity index (χ0v) is 10.9. The summed E-state index contributed by atoms with van der Waals surface area (Å²) >= 11 is 0. The Balaban J connectivity index is 1.91. The monoisotopic (exact) mass is 266 g/mol. The first-order chi connectivity index (χ1) is 9.22. The first-order valence-corrected chi connectivity index (χ1v) is 6.25. The SMILES string of the molecule is CCN(CCO)CC(=O)Nc1ccc2c(c1)OCO2. The smallest absolute Gasteiger partial charge is 0.238 e. The Bertz CT molecular complexity index is 450. The van der Waals surface area contributed by atoms with E-state index in [1.807, 2.05) is 11.8 Å². The number of nitrogens with zero attached hydrogens (tertiary/aromatic N) is 1. The third-order valence-electron chi connectivity index (χ3n) is 2.89. The van der Waals surface area contributed by atoms with E-state index >= 15 is 0 Å². The van der Waals surface area contributed by atoms with Crippen LogP contribution in [0.4, 0.5) is 5.69 Å². The molecule has 0 spiro atoms. The lowest BCUT2D eigenvalue weighted by molar-refractivity contribution is -0.117. The van der Waals surface area contributed by atoms with E-state index in [1.165, 1.54) is 0 Å². The Labute approximate surface area is 111 Å². The molecule has 1 aromatic rings. The van der Waals surface area contributed by atoms with Crippen molar-refractivity contribution in [1.82, 2.24) is 4.90 Å². The van der Waals surface area contributed by atoms with Crippen molar-refractivity contribution in [3.8, 4) is 11.5 Å². The summed E-state index contributed by atoms with van der Waals surface area (Å²) < 4.78 is 10.4. The van der Waals surface area contributed by atoms with Gasteiger partial charge in [-0.2, -0.15) is 0 Å². The van der Waals surface area contributed by atoms with Crippen LogP contribution in [0.1, 0.15) is 6.92 Å². The van der Waals surface area contributed by atoms with Crippen molar-refractivity contribution in [3.63, 3.8) is 0 Å². The molecule has 0 saturated carbocycles. The number of carbonyl (C=O) groups is 1. The zero-order chi connectivity index (χ0) is 13.7. The third kappa shape index (κ3) is 3.59. The van der Waals surface area contributed by atoms with Gasteiger partial charge in [-0.25, -0.2) is 0 Å². The van der Waals surface area contributed by atoms with E-state index in [4.69, 9.17) is 14.6 Å². The number of rotatable bonds is 6. The molecule has 0 radical (unpaired) electrons. The minimum absolute atomic E-state index is 0.0468. The maximum Gasteiger partial charge on any atom is 0.238 e.